The van der Waals surface area contributed by atoms with E-state index < -0.39 is 17.3 Å². The third kappa shape index (κ3) is 4.77. The van der Waals surface area contributed by atoms with Crippen molar-refractivity contribution in [3.05, 3.63) is 63.7 Å². The van der Waals surface area contributed by atoms with E-state index in [1.807, 2.05) is 4.90 Å². The Morgan fingerprint density at radius 2 is 1.95 bits per heavy atom. The first-order valence-electron chi connectivity index (χ1n) is 12.0. The van der Waals surface area contributed by atoms with E-state index in [2.05, 4.69) is 15.4 Å². The number of methoxy groups -OCH3 is 1. The molecule has 1 fully saturated rings. The standard InChI is InChI=1S/C26H26F3N5O3/c1-15(35)31-17-8-9-33(14-17)18-6-7-22(26(27,28)29)23(11-18)34-25(36)21-5-3-4-20(21)24(32-34)16-10-19(37-2)13-30-12-16/h6-7,10-13,17H,3-5,8-9,14H2,1-2H3,(H,31,35)/t17-/m1/s1. The molecule has 3 aromatic rings. The monoisotopic (exact) mass is 513 g/mol. The highest BCUT2D eigenvalue weighted by molar-refractivity contribution is 5.73. The number of pyridine rings is 1. The molecule has 194 valence electrons. The summed E-state index contributed by atoms with van der Waals surface area (Å²) in [5, 5.41) is 7.34. The molecule has 0 spiro atoms. The van der Waals surface area contributed by atoms with Crippen LogP contribution in [0.1, 0.15) is 36.5 Å². The molecule has 1 amide bonds. The van der Waals surface area contributed by atoms with E-state index in [1.165, 1.54) is 32.4 Å². The molecule has 2 aromatic heterocycles. The van der Waals surface area contributed by atoms with Gasteiger partial charge in [-0.1, -0.05) is 0 Å². The number of alkyl halides is 3. The summed E-state index contributed by atoms with van der Waals surface area (Å²) in [6.07, 6.45) is 0.837. The third-order valence-electron chi connectivity index (χ3n) is 6.85. The number of ether oxygens (including phenoxy) is 1. The summed E-state index contributed by atoms with van der Waals surface area (Å²) in [7, 11) is 1.50. The van der Waals surface area contributed by atoms with Crippen LogP contribution in [-0.4, -0.2) is 46.9 Å². The Bertz CT molecular complexity index is 1420. The minimum absolute atomic E-state index is 0.101. The van der Waals surface area contributed by atoms with Crippen LogP contribution in [0.4, 0.5) is 18.9 Å². The lowest BCUT2D eigenvalue weighted by molar-refractivity contribution is -0.137. The predicted molar refractivity (Wildman–Crippen MR) is 131 cm³/mol. The number of hydrogen-bond donors (Lipinski definition) is 1. The van der Waals surface area contributed by atoms with Crippen LogP contribution in [0.25, 0.3) is 16.9 Å². The van der Waals surface area contributed by atoms with Crippen molar-refractivity contribution in [1.29, 1.82) is 0 Å². The molecular weight excluding hydrogens is 487 g/mol. The zero-order chi connectivity index (χ0) is 26.3. The van der Waals surface area contributed by atoms with Crippen LogP contribution in [0.5, 0.6) is 5.75 Å². The number of halogens is 3. The molecule has 11 heteroatoms. The van der Waals surface area contributed by atoms with Gasteiger partial charge in [-0.15, -0.1) is 0 Å². The number of fused-ring (bicyclic) bond motifs is 1. The lowest BCUT2D eigenvalue weighted by Gasteiger charge is -2.22. The lowest BCUT2D eigenvalue weighted by Crippen LogP contribution is -2.35. The van der Waals surface area contributed by atoms with Crippen LogP contribution >= 0.6 is 0 Å². The summed E-state index contributed by atoms with van der Waals surface area (Å²) < 4.78 is 48.6. The van der Waals surface area contributed by atoms with Gasteiger partial charge in [0.1, 0.15) is 5.75 Å². The minimum Gasteiger partial charge on any atom is -0.495 e. The molecule has 1 atom stereocenters. The van der Waals surface area contributed by atoms with Crippen molar-refractivity contribution >= 4 is 11.6 Å². The third-order valence-corrected chi connectivity index (χ3v) is 6.85. The quantitative estimate of drug-likeness (QED) is 0.562. The average molecular weight is 514 g/mol. The number of nitrogens with zero attached hydrogens (tertiary/aromatic N) is 4. The first kappa shape index (κ1) is 24.8. The van der Waals surface area contributed by atoms with Gasteiger partial charge in [-0.3, -0.25) is 14.6 Å². The molecule has 1 aliphatic heterocycles. The number of carbonyl (C=O) groups is 1. The van der Waals surface area contributed by atoms with Crippen LogP contribution < -0.4 is 20.5 Å². The number of anilines is 1. The highest BCUT2D eigenvalue weighted by atomic mass is 19.4. The molecule has 1 saturated heterocycles. The van der Waals surface area contributed by atoms with Crippen molar-refractivity contribution in [2.24, 2.45) is 0 Å². The molecule has 1 aliphatic carbocycles. The van der Waals surface area contributed by atoms with Crippen molar-refractivity contribution in [2.45, 2.75) is 44.8 Å². The molecular formula is C26H26F3N5O3. The van der Waals surface area contributed by atoms with Gasteiger partial charge in [0.2, 0.25) is 5.91 Å². The molecule has 0 radical (unpaired) electrons. The number of aromatic nitrogens is 3. The fourth-order valence-corrected chi connectivity index (χ4v) is 5.16. The highest BCUT2D eigenvalue weighted by Crippen LogP contribution is 2.37. The van der Waals surface area contributed by atoms with E-state index in [0.29, 0.717) is 67.0 Å². The molecule has 1 N–H and O–H groups in total. The topological polar surface area (TPSA) is 89.3 Å². The predicted octanol–water partition coefficient (Wildman–Crippen LogP) is 3.53. The van der Waals surface area contributed by atoms with Gasteiger partial charge in [-0.05, 0) is 55.5 Å². The molecule has 3 heterocycles. The number of amides is 1. The number of carbonyl (C=O) groups excluding carboxylic acids is 1. The van der Waals surface area contributed by atoms with Gasteiger partial charge in [0.25, 0.3) is 5.56 Å². The molecule has 5 rings (SSSR count). The van der Waals surface area contributed by atoms with Gasteiger partial charge < -0.3 is 15.0 Å². The smallest absolute Gasteiger partial charge is 0.418 e. The van der Waals surface area contributed by atoms with E-state index >= 15 is 0 Å². The second-order valence-corrected chi connectivity index (χ2v) is 9.32. The molecule has 0 unspecified atom stereocenters. The van der Waals surface area contributed by atoms with Gasteiger partial charge in [0.15, 0.2) is 0 Å². The van der Waals surface area contributed by atoms with Crippen molar-refractivity contribution in [3.8, 4) is 22.7 Å². The van der Waals surface area contributed by atoms with E-state index in [-0.39, 0.29) is 17.6 Å². The first-order valence-corrected chi connectivity index (χ1v) is 12.0. The van der Waals surface area contributed by atoms with Crippen LogP contribution in [0.15, 0.2) is 41.5 Å². The lowest BCUT2D eigenvalue weighted by atomic mass is 10.0. The molecule has 2 aliphatic rings. The maximum absolute atomic E-state index is 14.1. The Labute approximate surface area is 211 Å². The second-order valence-electron chi connectivity index (χ2n) is 9.32. The van der Waals surface area contributed by atoms with Gasteiger partial charge >= 0.3 is 6.18 Å². The summed E-state index contributed by atoms with van der Waals surface area (Å²) in [5.74, 6) is 0.318. The van der Waals surface area contributed by atoms with Gasteiger partial charge in [0.05, 0.1) is 30.3 Å². The van der Waals surface area contributed by atoms with E-state index in [0.717, 1.165) is 16.3 Å². The fraction of sp³-hybridized carbons (Fsp3) is 0.385. The van der Waals surface area contributed by atoms with E-state index in [9.17, 15) is 22.8 Å². The molecule has 37 heavy (non-hydrogen) atoms. The Morgan fingerprint density at radius 1 is 1.16 bits per heavy atom. The second kappa shape index (κ2) is 9.53. The number of nitrogens with one attached hydrogen (secondary N) is 1. The van der Waals surface area contributed by atoms with E-state index in [1.54, 1.807) is 12.3 Å². The van der Waals surface area contributed by atoms with Crippen LogP contribution in [-0.2, 0) is 23.8 Å². The maximum Gasteiger partial charge on any atom is 0.418 e. The Balaban J connectivity index is 1.66. The summed E-state index contributed by atoms with van der Waals surface area (Å²) in [5.41, 5.74) is 0.886. The molecule has 8 nitrogen and oxygen atoms in total. The minimum atomic E-state index is -4.70. The summed E-state index contributed by atoms with van der Waals surface area (Å²) in [4.78, 5) is 31.0. The SMILES string of the molecule is COc1cncc(-c2nn(-c3cc(N4CC[C@@H](NC(C)=O)C4)ccc3C(F)(F)F)c(=O)c3c2CCC3)c1. The molecule has 0 bridgehead atoms. The number of hydrogen-bond acceptors (Lipinski definition) is 6. The number of rotatable bonds is 5. The van der Waals surface area contributed by atoms with Crippen LogP contribution in [0.2, 0.25) is 0 Å². The zero-order valence-corrected chi connectivity index (χ0v) is 20.4. The van der Waals surface area contributed by atoms with Gasteiger partial charge in [0, 0.05) is 49.1 Å². The van der Waals surface area contributed by atoms with Gasteiger partial charge in [-0.2, -0.15) is 23.0 Å². The fourth-order valence-electron chi connectivity index (χ4n) is 5.16. The first-order chi connectivity index (χ1) is 17.7. The van der Waals surface area contributed by atoms with Crippen molar-refractivity contribution in [1.82, 2.24) is 20.1 Å². The Morgan fingerprint density at radius 3 is 2.68 bits per heavy atom. The molecule has 0 saturated carbocycles. The zero-order valence-electron chi connectivity index (χ0n) is 20.4. The van der Waals surface area contributed by atoms with Crippen molar-refractivity contribution in [3.63, 3.8) is 0 Å². The van der Waals surface area contributed by atoms with Crippen molar-refractivity contribution < 1.29 is 22.7 Å². The number of benzene rings is 1. The molecule has 1 aromatic carbocycles. The van der Waals surface area contributed by atoms with Gasteiger partial charge in [-0.25, -0.2) is 0 Å². The van der Waals surface area contributed by atoms with Crippen LogP contribution in [0, 0.1) is 0 Å². The normalized spacial score (nSPS) is 17.1. The Hall–Kier alpha value is -3.89. The summed E-state index contributed by atoms with van der Waals surface area (Å²) >= 11 is 0. The highest BCUT2D eigenvalue weighted by Gasteiger charge is 2.36. The van der Waals surface area contributed by atoms with Crippen molar-refractivity contribution in [2.75, 3.05) is 25.1 Å². The summed E-state index contributed by atoms with van der Waals surface area (Å²) in [6.45, 7) is 2.45. The largest absolute Gasteiger partial charge is 0.495 e. The van der Waals surface area contributed by atoms with E-state index in [4.69, 9.17) is 4.74 Å². The summed E-state index contributed by atoms with van der Waals surface area (Å²) in [6, 6.07) is 5.35. The average Bonchev–Trinajstić information content (AvgIpc) is 3.53. The Kier molecular flexibility index (Phi) is 6.38. The van der Waals surface area contributed by atoms with Crippen LogP contribution in [0.3, 0.4) is 0 Å². The maximum atomic E-state index is 14.1.